The molecule has 0 aliphatic rings. The van der Waals surface area contributed by atoms with Gasteiger partial charge < -0.3 is 8.60 Å². The van der Waals surface area contributed by atoms with E-state index in [1.807, 2.05) is 0 Å². The van der Waals surface area contributed by atoms with Crippen LogP contribution < -0.4 is 14.5 Å². The Balaban J connectivity index is 1.71. The average Bonchev–Trinajstić information content (AvgIpc) is 2.80. The van der Waals surface area contributed by atoms with Gasteiger partial charge in [-0.25, -0.2) is 13.2 Å². The molecule has 0 radical (unpaired) electrons. The first-order chi connectivity index (χ1) is 16.4. The van der Waals surface area contributed by atoms with Crippen LogP contribution in [0.5, 0.6) is 5.75 Å². The van der Waals surface area contributed by atoms with E-state index in [1.165, 1.54) is 36.4 Å². The molecule has 35 heavy (non-hydrogen) atoms. The fourth-order valence-electron chi connectivity index (χ4n) is 3.05. The molecule has 1 aromatic heterocycles. The van der Waals surface area contributed by atoms with E-state index in [0.29, 0.717) is 12.1 Å². The highest BCUT2D eigenvalue weighted by Crippen LogP contribution is 2.32. The van der Waals surface area contributed by atoms with Crippen molar-refractivity contribution in [2.45, 2.75) is 16.0 Å². The number of hydrogen-bond acceptors (Lipinski definition) is 7. The standard InChI is InChI=1S/C22H14F3NO7S2/c23-22(24,25)15-7-5-10-17(13-15)35(30,31)33-19-11-4-6-14-12-18(21(27)32-20(14)19)26-34(28,29)16-8-2-1-3-9-16/h1-13,26H. The van der Waals surface area contributed by atoms with Crippen molar-refractivity contribution < 1.29 is 38.6 Å². The number of para-hydroxylation sites is 1. The van der Waals surface area contributed by atoms with Crippen molar-refractivity contribution in [3.8, 4) is 5.75 Å². The molecule has 0 saturated heterocycles. The first-order valence-electron chi connectivity index (χ1n) is 9.63. The number of fused-ring (bicyclic) bond motifs is 1. The Hall–Kier alpha value is -3.84. The number of nitrogens with one attached hydrogen (secondary N) is 1. The molecule has 4 rings (SSSR count). The van der Waals surface area contributed by atoms with E-state index in [1.54, 1.807) is 6.07 Å². The molecular weight excluding hydrogens is 511 g/mol. The van der Waals surface area contributed by atoms with E-state index in [4.69, 9.17) is 8.60 Å². The fraction of sp³-hybridized carbons (Fsp3) is 0.0455. The molecule has 0 unspecified atom stereocenters. The van der Waals surface area contributed by atoms with Crippen molar-refractivity contribution in [1.29, 1.82) is 0 Å². The van der Waals surface area contributed by atoms with Gasteiger partial charge in [0.2, 0.25) is 0 Å². The number of sulfonamides is 1. The molecule has 0 bridgehead atoms. The predicted molar refractivity (Wildman–Crippen MR) is 119 cm³/mol. The number of rotatable bonds is 6. The quantitative estimate of drug-likeness (QED) is 0.293. The van der Waals surface area contributed by atoms with Gasteiger partial charge in [0.05, 0.1) is 10.5 Å². The Kier molecular flexibility index (Phi) is 6.07. The summed E-state index contributed by atoms with van der Waals surface area (Å²) in [5.74, 6) is -0.477. The highest BCUT2D eigenvalue weighted by molar-refractivity contribution is 7.92. The van der Waals surface area contributed by atoms with Crippen LogP contribution in [-0.4, -0.2) is 16.8 Å². The summed E-state index contributed by atoms with van der Waals surface area (Å²) >= 11 is 0. The second kappa shape index (κ2) is 8.74. The normalized spacial score (nSPS) is 12.4. The van der Waals surface area contributed by atoms with E-state index < -0.39 is 53.8 Å². The van der Waals surface area contributed by atoms with E-state index >= 15 is 0 Å². The molecular formula is C22H14F3NO7S2. The van der Waals surface area contributed by atoms with Crippen LogP contribution in [0.2, 0.25) is 0 Å². The number of hydrogen-bond donors (Lipinski definition) is 1. The van der Waals surface area contributed by atoms with Crippen LogP contribution in [0.1, 0.15) is 5.56 Å². The third-order valence-electron chi connectivity index (χ3n) is 4.67. The number of benzene rings is 3. The molecule has 3 aromatic carbocycles. The van der Waals surface area contributed by atoms with Gasteiger partial charge in [0.25, 0.3) is 10.0 Å². The molecule has 0 spiro atoms. The smallest absolute Gasteiger partial charge is 0.416 e. The monoisotopic (exact) mass is 525 g/mol. The topological polar surface area (TPSA) is 120 Å². The molecule has 0 aliphatic heterocycles. The molecule has 8 nitrogen and oxygen atoms in total. The highest BCUT2D eigenvalue weighted by atomic mass is 32.2. The van der Waals surface area contributed by atoms with Gasteiger partial charge in [-0.15, -0.1) is 0 Å². The van der Waals surface area contributed by atoms with Crippen LogP contribution >= 0.6 is 0 Å². The first kappa shape index (κ1) is 24.3. The van der Waals surface area contributed by atoms with Gasteiger partial charge in [0, 0.05) is 5.39 Å². The summed E-state index contributed by atoms with van der Waals surface area (Å²) in [5, 5.41) is 0.0899. The van der Waals surface area contributed by atoms with E-state index in [2.05, 4.69) is 4.72 Å². The van der Waals surface area contributed by atoms with Gasteiger partial charge in [-0.2, -0.15) is 21.6 Å². The Morgan fingerprint density at radius 3 is 2.14 bits per heavy atom. The minimum atomic E-state index is -4.78. The summed E-state index contributed by atoms with van der Waals surface area (Å²) in [5.41, 5.74) is -3.14. The van der Waals surface area contributed by atoms with Gasteiger partial charge in [0.15, 0.2) is 11.3 Å². The summed E-state index contributed by atoms with van der Waals surface area (Å²) in [4.78, 5) is 11.6. The highest BCUT2D eigenvalue weighted by Gasteiger charge is 2.32. The second-order valence-corrected chi connectivity index (χ2v) is 10.3. The Labute approximate surface area is 196 Å². The molecule has 1 heterocycles. The Morgan fingerprint density at radius 1 is 0.800 bits per heavy atom. The molecule has 0 fully saturated rings. The fourth-order valence-corrected chi connectivity index (χ4v) is 5.10. The van der Waals surface area contributed by atoms with Crippen LogP contribution in [0.4, 0.5) is 18.9 Å². The molecule has 13 heteroatoms. The minimum absolute atomic E-state index is 0.0899. The van der Waals surface area contributed by atoms with Crippen LogP contribution in [0.3, 0.4) is 0 Å². The van der Waals surface area contributed by atoms with Crippen LogP contribution in [0.25, 0.3) is 11.0 Å². The number of alkyl halides is 3. The lowest BCUT2D eigenvalue weighted by Gasteiger charge is -2.12. The minimum Gasteiger partial charge on any atom is -0.417 e. The maximum absolute atomic E-state index is 13.0. The maximum atomic E-state index is 13.0. The molecule has 0 amide bonds. The second-order valence-electron chi connectivity index (χ2n) is 7.10. The number of anilines is 1. The Bertz CT molecular complexity index is 1680. The van der Waals surface area contributed by atoms with Gasteiger partial charge in [-0.3, -0.25) is 4.72 Å². The van der Waals surface area contributed by atoms with E-state index in [0.717, 1.165) is 24.3 Å². The largest absolute Gasteiger partial charge is 0.417 e. The SMILES string of the molecule is O=c1oc2c(OS(=O)(=O)c3cccc(C(F)(F)F)c3)cccc2cc1NS(=O)(=O)c1ccccc1. The lowest BCUT2D eigenvalue weighted by Crippen LogP contribution is -2.18. The van der Waals surface area contributed by atoms with Crippen molar-refractivity contribution in [2.24, 2.45) is 0 Å². The summed E-state index contributed by atoms with van der Waals surface area (Å²) in [6.07, 6.45) is -4.78. The van der Waals surface area contributed by atoms with Crippen molar-refractivity contribution in [2.75, 3.05) is 4.72 Å². The molecule has 182 valence electrons. The first-order valence-corrected chi connectivity index (χ1v) is 12.5. The molecule has 1 N–H and O–H groups in total. The summed E-state index contributed by atoms with van der Waals surface area (Å²) < 4.78 is 101. The lowest BCUT2D eigenvalue weighted by atomic mass is 10.2. The molecule has 4 aromatic rings. The Morgan fingerprint density at radius 2 is 1.46 bits per heavy atom. The zero-order valence-electron chi connectivity index (χ0n) is 17.3. The van der Waals surface area contributed by atoms with Crippen molar-refractivity contribution in [3.05, 3.63) is 94.8 Å². The summed E-state index contributed by atoms with van der Waals surface area (Å²) in [6.45, 7) is 0. The number of halogens is 3. The van der Waals surface area contributed by atoms with Crippen LogP contribution in [0, 0.1) is 0 Å². The molecule has 0 saturated carbocycles. The summed E-state index contributed by atoms with van der Waals surface area (Å²) in [7, 11) is -8.87. The lowest BCUT2D eigenvalue weighted by molar-refractivity contribution is -0.137. The van der Waals surface area contributed by atoms with Gasteiger partial charge in [-0.05, 0) is 42.5 Å². The summed E-state index contributed by atoms with van der Waals surface area (Å²) in [6, 6.07) is 15.1. The van der Waals surface area contributed by atoms with Gasteiger partial charge in [0.1, 0.15) is 10.6 Å². The van der Waals surface area contributed by atoms with Crippen LogP contribution in [0.15, 0.2) is 97.9 Å². The van der Waals surface area contributed by atoms with E-state index in [-0.39, 0.29) is 15.9 Å². The van der Waals surface area contributed by atoms with Crippen molar-refractivity contribution >= 4 is 36.8 Å². The molecule has 0 atom stereocenters. The zero-order chi connectivity index (χ0) is 25.4. The third-order valence-corrected chi connectivity index (χ3v) is 7.28. The van der Waals surface area contributed by atoms with Gasteiger partial charge in [-0.1, -0.05) is 36.4 Å². The van der Waals surface area contributed by atoms with E-state index in [9.17, 15) is 34.8 Å². The molecule has 0 aliphatic carbocycles. The maximum Gasteiger partial charge on any atom is 0.416 e. The predicted octanol–water partition coefficient (Wildman–Crippen LogP) is 4.38. The van der Waals surface area contributed by atoms with Crippen LogP contribution in [-0.2, 0) is 26.3 Å². The zero-order valence-corrected chi connectivity index (χ0v) is 18.9. The van der Waals surface area contributed by atoms with Crippen molar-refractivity contribution in [3.63, 3.8) is 0 Å². The third kappa shape index (κ3) is 5.15. The van der Waals surface area contributed by atoms with Crippen molar-refractivity contribution in [1.82, 2.24) is 0 Å². The average molecular weight is 525 g/mol. The van der Waals surface area contributed by atoms with Gasteiger partial charge >= 0.3 is 21.9 Å².